The van der Waals surface area contributed by atoms with Crippen molar-refractivity contribution in [1.82, 2.24) is 4.98 Å². The highest BCUT2D eigenvalue weighted by Crippen LogP contribution is 2.22. The highest BCUT2D eigenvalue weighted by Gasteiger charge is 2.11. The lowest BCUT2D eigenvalue weighted by Gasteiger charge is -2.12. The Morgan fingerprint density at radius 2 is 1.79 bits per heavy atom. The number of nitrogens with zero attached hydrogens (tertiary/aromatic N) is 1. The molecule has 29 heavy (non-hydrogen) atoms. The molecule has 3 aromatic rings. The number of carbonyl (C=O) groups is 2. The van der Waals surface area contributed by atoms with Crippen LogP contribution in [-0.4, -0.2) is 16.8 Å². The molecule has 0 spiro atoms. The van der Waals surface area contributed by atoms with Gasteiger partial charge in [-0.3, -0.25) is 9.59 Å². The van der Waals surface area contributed by atoms with Crippen LogP contribution in [0.25, 0.3) is 0 Å². The first-order valence-corrected chi connectivity index (χ1v) is 9.40. The van der Waals surface area contributed by atoms with E-state index in [1.807, 2.05) is 43.3 Å². The maximum absolute atomic E-state index is 12.7. The summed E-state index contributed by atoms with van der Waals surface area (Å²) in [7, 11) is 0. The van der Waals surface area contributed by atoms with Crippen molar-refractivity contribution in [2.24, 2.45) is 0 Å². The number of amides is 2. The summed E-state index contributed by atoms with van der Waals surface area (Å²) in [5, 5.41) is 5.68. The molecular weight excluding hydrogens is 366 g/mol. The van der Waals surface area contributed by atoms with E-state index in [1.165, 1.54) is 0 Å². The molecule has 0 unspecified atom stereocenters. The topological polar surface area (TPSA) is 80.3 Å². The Kier molecular flexibility index (Phi) is 6.58. The fourth-order valence-corrected chi connectivity index (χ4v) is 2.64. The maximum atomic E-state index is 12.7. The van der Waals surface area contributed by atoms with Gasteiger partial charge >= 0.3 is 0 Å². The zero-order chi connectivity index (χ0) is 20.6. The zero-order valence-electron chi connectivity index (χ0n) is 16.4. The molecule has 6 heteroatoms. The molecular formula is C23H23N3O3. The quantitative estimate of drug-likeness (QED) is 0.620. The molecule has 3 rings (SSSR count). The fraction of sp³-hybridized carbons (Fsp3) is 0.174. The van der Waals surface area contributed by atoms with Crippen LogP contribution in [0.15, 0.2) is 66.9 Å². The molecule has 1 heterocycles. The van der Waals surface area contributed by atoms with Crippen molar-refractivity contribution in [3.63, 3.8) is 0 Å². The molecule has 1 aromatic heterocycles. The number of nitrogens with one attached hydrogen (secondary N) is 2. The van der Waals surface area contributed by atoms with Gasteiger partial charge in [0.25, 0.3) is 5.91 Å². The summed E-state index contributed by atoms with van der Waals surface area (Å²) in [6, 6.07) is 18.4. The van der Waals surface area contributed by atoms with E-state index in [1.54, 1.807) is 37.4 Å². The Morgan fingerprint density at radius 3 is 2.55 bits per heavy atom. The van der Waals surface area contributed by atoms with Gasteiger partial charge in [0, 0.05) is 35.6 Å². The molecule has 0 aliphatic rings. The summed E-state index contributed by atoms with van der Waals surface area (Å²) in [6.07, 6.45) is 1.93. The normalized spacial score (nSPS) is 10.3. The van der Waals surface area contributed by atoms with Crippen molar-refractivity contribution >= 4 is 23.2 Å². The van der Waals surface area contributed by atoms with Crippen molar-refractivity contribution in [1.29, 1.82) is 0 Å². The zero-order valence-corrected chi connectivity index (χ0v) is 16.4. The van der Waals surface area contributed by atoms with Gasteiger partial charge < -0.3 is 15.4 Å². The van der Waals surface area contributed by atoms with Gasteiger partial charge in [0.15, 0.2) is 0 Å². The Balaban J connectivity index is 1.69. The second-order valence-electron chi connectivity index (χ2n) is 6.54. The Hall–Kier alpha value is -3.67. The molecule has 0 saturated heterocycles. The van der Waals surface area contributed by atoms with E-state index in [-0.39, 0.29) is 11.8 Å². The smallest absolute Gasteiger partial charge is 0.255 e. The summed E-state index contributed by atoms with van der Waals surface area (Å²) >= 11 is 0. The molecule has 0 aliphatic heterocycles. The lowest BCUT2D eigenvalue weighted by atomic mass is 10.1. The molecule has 0 radical (unpaired) electrons. The van der Waals surface area contributed by atoms with Crippen molar-refractivity contribution < 1.29 is 14.3 Å². The van der Waals surface area contributed by atoms with Gasteiger partial charge in [0.05, 0.1) is 0 Å². The van der Waals surface area contributed by atoms with Crippen molar-refractivity contribution in [3.8, 4) is 5.88 Å². The molecule has 2 N–H and O–H groups in total. The third-order valence-corrected chi connectivity index (χ3v) is 4.32. The van der Waals surface area contributed by atoms with Crippen LogP contribution in [0.1, 0.15) is 34.8 Å². The Morgan fingerprint density at radius 1 is 1.00 bits per heavy atom. The van der Waals surface area contributed by atoms with Crippen LogP contribution < -0.4 is 15.4 Å². The number of anilines is 2. The van der Waals surface area contributed by atoms with Gasteiger partial charge in [0.1, 0.15) is 6.61 Å². The molecule has 148 valence electrons. The average Bonchev–Trinajstić information content (AvgIpc) is 2.75. The van der Waals surface area contributed by atoms with Crippen LogP contribution in [0.4, 0.5) is 11.4 Å². The Bertz CT molecular complexity index is 1000. The second-order valence-corrected chi connectivity index (χ2v) is 6.54. The average molecular weight is 389 g/mol. The highest BCUT2D eigenvalue weighted by atomic mass is 16.5. The number of aryl methyl sites for hydroxylation is 1. The first-order valence-electron chi connectivity index (χ1n) is 9.40. The number of benzene rings is 2. The largest absolute Gasteiger partial charge is 0.473 e. The van der Waals surface area contributed by atoms with E-state index in [4.69, 9.17) is 4.74 Å². The first kappa shape index (κ1) is 20.1. The molecule has 0 bridgehead atoms. The van der Waals surface area contributed by atoms with Crippen LogP contribution in [0, 0.1) is 6.92 Å². The predicted octanol–water partition coefficient (Wildman–Crippen LogP) is 4.57. The van der Waals surface area contributed by atoms with Crippen molar-refractivity contribution in [2.45, 2.75) is 26.9 Å². The second kappa shape index (κ2) is 9.50. The van der Waals surface area contributed by atoms with Crippen molar-refractivity contribution in [2.75, 3.05) is 10.6 Å². The van der Waals surface area contributed by atoms with Crippen molar-refractivity contribution in [3.05, 3.63) is 83.6 Å². The lowest BCUT2D eigenvalue weighted by Crippen LogP contribution is -2.14. The molecule has 2 amide bonds. The van der Waals surface area contributed by atoms with Gasteiger partial charge in [-0.15, -0.1) is 0 Å². The fourth-order valence-electron chi connectivity index (χ4n) is 2.64. The van der Waals surface area contributed by atoms with Gasteiger partial charge in [0.2, 0.25) is 11.8 Å². The van der Waals surface area contributed by atoms with Gasteiger partial charge in [-0.1, -0.05) is 43.3 Å². The third kappa shape index (κ3) is 5.65. The number of hydrogen-bond donors (Lipinski definition) is 2. The van der Waals surface area contributed by atoms with Crippen LogP contribution in [0.2, 0.25) is 0 Å². The number of rotatable bonds is 7. The SMILES string of the molecule is CCC(=O)Nc1ccc(C)c(NC(=O)c2ccnc(OCc3ccccc3)c2)c1. The van der Waals surface area contributed by atoms with Gasteiger partial charge in [-0.05, 0) is 36.2 Å². The van der Waals surface area contributed by atoms with Crippen LogP contribution in [0.5, 0.6) is 5.88 Å². The number of carbonyl (C=O) groups excluding carboxylic acids is 2. The van der Waals surface area contributed by atoms with E-state index in [9.17, 15) is 9.59 Å². The number of pyridine rings is 1. The molecule has 0 aliphatic carbocycles. The minimum Gasteiger partial charge on any atom is -0.473 e. The minimum atomic E-state index is -0.279. The summed E-state index contributed by atoms with van der Waals surface area (Å²) in [5.74, 6) is 0.0154. The van der Waals surface area contributed by atoms with E-state index < -0.39 is 0 Å². The number of hydrogen-bond acceptors (Lipinski definition) is 4. The van der Waals surface area contributed by atoms with E-state index in [0.29, 0.717) is 35.8 Å². The van der Waals surface area contributed by atoms with E-state index in [2.05, 4.69) is 15.6 Å². The standard InChI is InChI=1S/C23H23N3O3/c1-3-21(27)25-19-10-9-16(2)20(14-19)26-23(28)18-11-12-24-22(13-18)29-15-17-7-5-4-6-8-17/h4-14H,3,15H2,1-2H3,(H,25,27)(H,26,28). The lowest BCUT2D eigenvalue weighted by molar-refractivity contribution is -0.115. The molecule has 6 nitrogen and oxygen atoms in total. The summed E-state index contributed by atoms with van der Waals surface area (Å²) in [4.78, 5) is 28.5. The van der Waals surface area contributed by atoms with Crippen LogP contribution >= 0.6 is 0 Å². The van der Waals surface area contributed by atoms with Gasteiger partial charge in [-0.25, -0.2) is 4.98 Å². The van der Waals surface area contributed by atoms with E-state index in [0.717, 1.165) is 11.1 Å². The minimum absolute atomic E-state index is 0.0829. The Labute approximate surface area is 169 Å². The molecule has 2 aromatic carbocycles. The van der Waals surface area contributed by atoms with Crippen LogP contribution in [-0.2, 0) is 11.4 Å². The first-order chi connectivity index (χ1) is 14.0. The maximum Gasteiger partial charge on any atom is 0.255 e. The van der Waals surface area contributed by atoms with E-state index >= 15 is 0 Å². The molecule has 0 fully saturated rings. The summed E-state index contributed by atoms with van der Waals surface area (Å²) < 4.78 is 5.69. The highest BCUT2D eigenvalue weighted by molar-refractivity contribution is 6.05. The third-order valence-electron chi connectivity index (χ3n) is 4.32. The number of aromatic nitrogens is 1. The molecule has 0 saturated carbocycles. The monoisotopic (exact) mass is 389 g/mol. The summed E-state index contributed by atoms with van der Waals surface area (Å²) in [5.41, 5.74) is 3.62. The number of ether oxygens (including phenoxy) is 1. The van der Waals surface area contributed by atoms with Gasteiger partial charge in [-0.2, -0.15) is 0 Å². The summed E-state index contributed by atoms with van der Waals surface area (Å²) in [6.45, 7) is 4.05. The predicted molar refractivity (Wildman–Crippen MR) is 113 cm³/mol. The molecule has 0 atom stereocenters. The van der Waals surface area contributed by atoms with Crippen LogP contribution in [0.3, 0.4) is 0 Å².